The number of anilines is 1. The van der Waals surface area contributed by atoms with Gasteiger partial charge < -0.3 is 4.90 Å². The molecule has 1 aromatic rings. The minimum atomic E-state index is -1.14. The van der Waals surface area contributed by atoms with Gasteiger partial charge in [0.2, 0.25) is 0 Å². The highest BCUT2D eigenvalue weighted by Crippen LogP contribution is 2.31. The fourth-order valence-corrected chi connectivity index (χ4v) is 1.85. The summed E-state index contributed by atoms with van der Waals surface area (Å²) in [5, 5.41) is 0. The number of fused-ring (bicyclic) bond motifs is 1. The van der Waals surface area contributed by atoms with Crippen LogP contribution >= 0.6 is 0 Å². The van der Waals surface area contributed by atoms with E-state index in [9.17, 15) is 18.4 Å². The number of terminal acetylenes is 1. The summed E-state index contributed by atoms with van der Waals surface area (Å²) in [4.78, 5) is 24.4. The standard InChI is InChI=1S/C13H9F2NO2/c1-2-3-4-5-16-11-7-10(15)9(14)6-8(11)12(17)13(16)18/h1,6-7H,3-5H2. The molecule has 0 saturated heterocycles. The molecule has 0 aromatic heterocycles. The van der Waals surface area contributed by atoms with E-state index in [0.717, 1.165) is 17.0 Å². The zero-order valence-corrected chi connectivity index (χ0v) is 9.37. The molecule has 1 heterocycles. The summed E-state index contributed by atoms with van der Waals surface area (Å²) >= 11 is 0. The average Bonchev–Trinajstić information content (AvgIpc) is 2.56. The first-order valence-electron chi connectivity index (χ1n) is 5.35. The predicted octanol–water partition coefficient (Wildman–Crippen LogP) is 1.91. The highest BCUT2D eigenvalue weighted by molar-refractivity contribution is 6.52. The van der Waals surface area contributed by atoms with Crippen LogP contribution in [0.5, 0.6) is 0 Å². The zero-order valence-electron chi connectivity index (χ0n) is 9.37. The van der Waals surface area contributed by atoms with Gasteiger partial charge in [-0.25, -0.2) is 8.78 Å². The summed E-state index contributed by atoms with van der Waals surface area (Å²) in [5.74, 6) is -1.40. The van der Waals surface area contributed by atoms with Gasteiger partial charge in [0.25, 0.3) is 11.7 Å². The molecule has 0 N–H and O–H groups in total. The van der Waals surface area contributed by atoms with Gasteiger partial charge in [-0.2, -0.15) is 0 Å². The maximum atomic E-state index is 13.1. The number of rotatable bonds is 3. The number of nitrogens with zero attached hydrogens (tertiary/aromatic N) is 1. The number of unbranched alkanes of at least 4 members (excludes halogenated alkanes) is 1. The molecule has 0 spiro atoms. The molecule has 3 nitrogen and oxygen atoms in total. The van der Waals surface area contributed by atoms with E-state index in [4.69, 9.17) is 6.42 Å². The smallest absolute Gasteiger partial charge is 0.299 e. The number of amides is 1. The van der Waals surface area contributed by atoms with Gasteiger partial charge in [0.05, 0.1) is 11.3 Å². The van der Waals surface area contributed by atoms with Crippen LogP contribution in [0.15, 0.2) is 12.1 Å². The maximum absolute atomic E-state index is 13.1. The number of ketones is 1. The van der Waals surface area contributed by atoms with Gasteiger partial charge in [-0.15, -0.1) is 12.3 Å². The fraction of sp³-hybridized carbons (Fsp3) is 0.231. The Bertz CT molecular complexity index is 575. The molecular formula is C13H9F2NO2. The highest BCUT2D eigenvalue weighted by atomic mass is 19.2. The third-order valence-electron chi connectivity index (χ3n) is 2.72. The summed E-state index contributed by atoms with van der Waals surface area (Å²) < 4.78 is 26.2. The monoisotopic (exact) mass is 249 g/mol. The molecule has 1 aromatic carbocycles. The van der Waals surface area contributed by atoms with Crippen LogP contribution in [-0.2, 0) is 4.79 Å². The first kappa shape index (κ1) is 12.2. The molecule has 0 unspecified atom stereocenters. The second-order valence-corrected chi connectivity index (χ2v) is 3.88. The Morgan fingerprint density at radius 2 is 1.89 bits per heavy atom. The lowest BCUT2D eigenvalue weighted by Gasteiger charge is -2.15. The summed E-state index contributed by atoms with van der Waals surface area (Å²) in [6.07, 6.45) is 6.02. The van der Waals surface area contributed by atoms with E-state index < -0.39 is 23.3 Å². The number of carbonyl (C=O) groups excluding carboxylic acids is 2. The van der Waals surface area contributed by atoms with Crippen LogP contribution in [0.2, 0.25) is 0 Å². The molecule has 0 radical (unpaired) electrons. The largest absolute Gasteiger partial charge is 0.305 e. The van der Waals surface area contributed by atoms with Gasteiger partial charge in [-0.3, -0.25) is 9.59 Å². The second-order valence-electron chi connectivity index (χ2n) is 3.88. The fourth-order valence-electron chi connectivity index (χ4n) is 1.85. The van der Waals surface area contributed by atoms with Gasteiger partial charge >= 0.3 is 0 Å². The van der Waals surface area contributed by atoms with Gasteiger partial charge in [0.1, 0.15) is 0 Å². The first-order chi connectivity index (χ1) is 8.56. The lowest BCUT2D eigenvalue weighted by atomic mass is 10.1. The van der Waals surface area contributed by atoms with Crippen LogP contribution in [0.3, 0.4) is 0 Å². The predicted molar refractivity (Wildman–Crippen MR) is 61.1 cm³/mol. The molecule has 1 aliphatic heterocycles. The van der Waals surface area contributed by atoms with Crippen molar-refractivity contribution in [2.45, 2.75) is 12.8 Å². The topological polar surface area (TPSA) is 37.4 Å². The Morgan fingerprint density at radius 3 is 2.56 bits per heavy atom. The molecule has 0 saturated carbocycles. The molecule has 1 amide bonds. The maximum Gasteiger partial charge on any atom is 0.299 e. The van der Waals surface area contributed by atoms with Gasteiger partial charge in [0.15, 0.2) is 11.6 Å². The molecule has 0 aliphatic carbocycles. The minimum Gasteiger partial charge on any atom is -0.305 e. The minimum absolute atomic E-state index is 0.0976. The van der Waals surface area contributed by atoms with Crippen molar-refractivity contribution in [3.8, 4) is 12.3 Å². The van der Waals surface area contributed by atoms with Crippen molar-refractivity contribution < 1.29 is 18.4 Å². The van der Waals surface area contributed by atoms with E-state index >= 15 is 0 Å². The average molecular weight is 249 g/mol. The first-order valence-corrected chi connectivity index (χ1v) is 5.35. The third kappa shape index (κ3) is 1.86. The Kier molecular flexibility index (Phi) is 3.11. The van der Waals surface area contributed by atoms with Gasteiger partial charge in [-0.1, -0.05) is 0 Å². The van der Waals surface area contributed by atoms with Crippen LogP contribution in [0.1, 0.15) is 23.2 Å². The van der Waals surface area contributed by atoms with Gasteiger partial charge in [0, 0.05) is 19.0 Å². The van der Waals surface area contributed by atoms with Crippen LogP contribution < -0.4 is 4.90 Å². The molecule has 92 valence electrons. The third-order valence-corrected chi connectivity index (χ3v) is 2.72. The quantitative estimate of drug-likeness (QED) is 0.466. The number of benzene rings is 1. The second kappa shape index (κ2) is 4.57. The summed E-state index contributed by atoms with van der Waals surface area (Å²) in [5.41, 5.74) is 0.0144. The van der Waals surface area contributed by atoms with Crippen molar-refractivity contribution in [1.82, 2.24) is 0 Å². The van der Waals surface area contributed by atoms with Crippen LogP contribution in [-0.4, -0.2) is 18.2 Å². The normalized spacial score (nSPS) is 13.7. The van der Waals surface area contributed by atoms with E-state index in [-0.39, 0.29) is 17.8 Å². The van der Waals surface area contributed by atoms with E-state index in [0.29, 0.717) is 12.8 Å². The number of Topliss-reactive ketones (excluding diaryl/α,β-unsaturated/α-hetero) is 1. The van der Waals surface area contributed by atoms with Crippen LogP contribution in [0.25, 0.3) is 0 Å². The van der Waals surface area contributed by atoms with Crippen LogP contribution in [0, 0.1) is 24.0 Å². The molecule has 18 heavy (non-hydrogen) atoms. The van der Waals surface area contributed by atoms with E-state index in [2.05, 4.69) is 5.92 Å². The number of halogens is 2. The van der Waals surface area contributed by atoms with E-state index in [1.165, 1.54) is 0 Å². The Labute approximate surface area is 102 Å². The SMILES string of the molecule is C#CCCCN1C(=O)C(=O)c2cc(F)c(F)cc21. The Hall–Kier alpha value is -2.22. The molecule has 5 heteroatoms. The van der Waals surface area contributed by atoms with Crippen molar-refractivity contribution in [1.29, 1.82) is 0 Å². The molecular weight excluding hydrogens is 240 g/mol. The van der Waals surface area contributed by atoms with Gasteiger partial charge in [-0.05, 0) is 12.5 Å². The lowest BCUT2D eigenvalue weighted by Crippen LogP contribution is -2.30. The summed E-state index contributed by atoms with van der Waals surface area (Å²) in [6, 6.07) is 1.62. The molecule has 2 rings (SSSR count). The van der Waals surface area contributed by atoms with Crippen molar-refractivity contribution in [3.63, 3.8) is 0 Å². The van der Waals surface area contributed by atoms with Crippen molar-refractivity contribution >= 4 is 17.4 Å². The number of hydrogen-bond acceptors (Lipinski definition) is 2. The van der Waals surface area contributed by atoms with E-state index in [1.807, 2.05) is 0 Å². The highest BCUT2D eigenvalue weighted by Gasteiger charge is 2.36. The van der Waals surface area contributed by atoms with E-state index in [1.54, 1.807) is 0 Å². The molecule has 0 fully saturated rings. The zero-order chi connectivity index (χ0) is 13.3. The number of carbonyl (C=O) groups is 2. The molecule has 0 atom stereocenters. The summed E-state index contributed by atoms with van der Waals surface area (Å²) in [6.45, 7) is 0.215. The lowest BCUT2D eigenvalue weighted by molar-refractivity contribution is -0.114. The Morgan fingerprint density at radius 1 is 1.22 bits per heavy atom. The molecule has 0 bridgehead atoms. The number of hydrogen-bond donors (Lipinski definition) is 0. The van der Waals surface area contributed by atoms with Crippen molar-refractivity contribution in [3.05, 3.63) is 29.3 Å². The van der Waals surface area contributed by atoms with Crippen LogP contribution in [0.4, 0.5) is 14.5 Å². The van der Waals surface area contributed by atoms with Crippen molar-refractivity contribution in [2.75, 3.05) is 11.4 Å². The Balaban J connectivity index is 2.36. The molecule has 1 aliphatic rings. The summed E-state index contributed by atoms with van der Waals surface area (Å²) in [7, 11) is 0. The van der Waals surface area contributed by atoms with Crippen molar-refractivity contribution in [2.24, 2.45) is 0 Å².